The fourth-order valence-corrected chi connectivity index (χ4v) is 3.99. The molecule has 0 radical (unpaired) electrons. The Hall–Kier alpha value is -2.45. The van der Waals surface area contributed by atoms with Crippen molar-refractivity contribution in [2.75, 3.05) is 23.7 Å². The van der Waals surface area contributed by atoms with Crippen molar-refractivity contribution in [1.29, 1.82) is 0 Å². The standard InChI is InChI=1S/C19H21ClN2O5S/c1-3-26-16-7-5-4-6-13(16)11-21-19(23)18-12-22(28(2,24)25)15-10-14(20)8-9-17(15)27-18/h4-10,18H,3,11-12H2,1-2H3,(H,21,23)/t18-/m1/s1. The van der Waals surface area contributed by atoms with Gasteiger partial charge in [-0.05, 0) is 31.2 Å². The van der Waals surface area contributed by atoms with Crippen molar-refractivity contribution in [3.63, 3.8) is 0 Å². The van der Waals surface area contributed by atoms with E-state index in [1.165, 1.54) is 6.07 Å². The number of amides is 1. The second-order valence-electron chi connectivity index (χ2n) is 6.27. The molecule has 0 unspecified atom stereocenters. The van der Waals surface area contributed by atoms with Gasteiger partial charge in [-0.1, -0.05) is 29.8 Å². The lowest BCUT2D eigenvalue weighted by atomic mass is 10.2. The second kappa shape index (κ2) is 8.28. The third kappa shape index (κ3) is 4.51. The minimum absolute atomic E-state index is 0.134. The molecular formula is C19H21ClN2O5S. The Morgan fingerprint density at radius 1 is 1.32 bits per heavy atom. The average Bonchev–Trinajstić information content (AvgIpc) is 2.65. The third-order valence-corrected chi connectivity index (χ3v) is 5.59. The molecule has 0 spiro atoms. The Kier molecular flexibility index (Phi) is 6.00. The van der Waals surface area contributed by atoms with Gasteiger partial charge in [0.15, 0.2) is 6.10 Å². The van der Waals surface area contributed by atoms with Crippen LogP contribution in [0, 0.1) is 0 Å². The van der Waals surface area contributed by atoms with Crippen molar-refractivity contribution in [3.05, 3.63) is 53.1 Å². The van der Waals surface area contributed by atoms with Crippen molar-refractivity contribution in [2.24, 2.45) is 0 Å². The number of nitrogens with one attached hydrogen (secondary N) is 1. The summed E-state index contributed by atoms with van der Waals surface area (Å²) in [4.78, 5) is 12.7. The Morgan fingerprint density at radius 3 is 2.79 bits per heavy atom. The molecule has 2 aromatic carbocycles. The molecule has 0 aliphatic carbocycles. The molecular weight excluding hydrogens is 404 g/mol. The molecule has 0 saturated heterocycles. The van der Waals surface area contributed by atoms with Gasteiger partial charge in [0.1, 0.15) is 11.5 Å². The lowest BCUT2D eigenvalue weighted by Crippen LogP contribution is -2.50. The van der Waals surface area contributed by atoms with Crippen LogP contribution in [0.3, 0.4) is 0 Å². The number of rotatable bonds is 6. The molecule has 3 rings (SSSR count). The van der Waals surface area contributed by atoms with Gasteiger partial charge in [0.05, 0.1) is 25.1 Å². The van der Waals surface area contributed by atoms with Crippen LogP contribution in [0.5, 0.6) is 11.5 Å². The number of carbonyl (C=O) groups is 1. The van der Waals surface area contributed by atoms with Crippen LogP contribution in [0.15, 0.2) is 42.5 Å². The van der Waals surface area contributed by atoms with E-state index in [9.17, 15) is 13.2 Å². The van der Waals surface area contributed by atoms with E-state index in [1.54, 1.807) is 12.1 Å². The van der Waals surface area contributed by atoms with E-state index >= 15 is 0 Å². The zero-order valence-electron chi connectivity index (χ0n) is 15.5. The third-order valence-electron chi connectivity index (χ3n) is 4.21. The number of nitrogens with zero attached hydrogens (tertiary/aromatic N) is 1. The number of halogens is 1. The molecule has 0 saturated carbocycles. The summed E-state index contributed by atoms with van der Waals surface area (Å²) in [6, 6.07) is 12.0. The molecule has 0 aromatic heterocycles. The molecule has 0 bridgehead atoms. The van der Waals surface area contributed by atoms with Crippen LogP contribution >= 0.6 is 11.6 Å². The fraction of sp³-hybridized carbons (Fsp3) is 0.316. The number of sulfonamides is 1. The van der Waals surface area contributed by atoms with Crippen LogP contribution in [0.1, 0.15) is 12.5 Å². The van der Waals surface area contributed by atoms with Crippen molar-refractivity contribution in [1.82, 2.24) is 5.32 Å². The first-order valence-electron chi connectivity index (χ1n) is 8.72. The van der Waals surface area contributed by atoms with Crippen LogP contribution in [0.2, 0.25) is 5.02 Å². The van der Waals surface area contributed by atoms with Crippen LogP contribution in [0.25, 0.3) is 0 Å². The molecule has 0 fully saturated rings. The smallest absolute Gasteiger partial charge is 0.263 e. The summed E-state index contributed by atoms with van der Waals surface area (Å²) in [7, 11) is -3.61. The van der Waals surface area contributed by atoms with Gasteiger partial charge in [-0.15, -0.1) is 0 Å². The first kappa shape index (κ1) is 20.3. The summed E-state index contributed by atoms with van der Waals surface area (Å²) >= 11 is 5.98. The van der Waals surface area contributed by atoms with Crippen LogP contribution in [0.4, 0.5) is 5.69 Å². The SMILES string of the molecule is CCOc1ccccc1CNC(=O)[C@H]1CN(S(C)(=O)=O)c2cc(Cl)ccc2O1. The minimum atomic E-state index is -3.61. The topological polar surface area (TPSA) is 84.9 Å². The molecule has 1 aliphatic rings. The maximum Gasteiger partial charge on any atom is 0.263 e. The normalized spacial score (nSPS) is 16.1. The van der Waals surface area contributed by atoms with Crippen molar-refractivity contribution in [3.8, 4) is 11.5 Å². The first-order valence-corrected chi connectivity index (χ1v) is 10.9. The van der Waals surface area contributed by atoms with Crippen molar-refractivity contribution in [2.45, 2.75) is 19.6 Å². The molecule has 28 heavy (non-hydrogen) atoms. The van der Waals surface area contributed by atoms with Gasteiger partial charge in [-0.25, -0.2) is 8.42 Å². The van der Waals surface area contributed by atoms with E-state index in [1.807, 2.05) is 31.2 Å². The number of hydrogen-bond donors (Lipinski definition) is 1. The molecule has 1 amide bonds. The van der Waals surface area contributed by atoms with E-state index < -0.39 is 22.0 Å². The minimum Gasteiger partial charge on any atom is -0.494 e. The van der Waals surface area contributed by atoms with Gasteiger partial charge in [-0.3, -0.25) is 9.10 Å². The second-order valence-corrected chi connectivity index (χ2v) is 8.61. The molecule has 1 heterocycles. The summed E-state index contributed by atoms with van der Waals surface area (Å²) in [5, 5.41) is 3.17. The highest BCUT2D eigenvalue weighted by molar-refractivity contribution is 7.92. The summed E-state index contributed by atoms with van der Waals surface area (Å²) in [5.74, 6) is 0.559. The van der Waals surface area contributed by atoms with Gasteiger partial charge in [-0.2, -0.15) is 0 Å². The number of ether oxygens (including phenoxy) is 2. The van der Waals surface area contributed by atoms with E-state index in [4.69, 9.17) is 21.1 Å². The Morgan fingerprint density at radius 2 is 2.07 bits per heavy atom. The predicted octanol–water partition coefficient (Wildman–Crippen LogP) is 2.58. The number of hydrogen-bond acceptors (Lipinski definition) is 5. The number of benzene rings is 2. The molecule has 1 N–H and O–H groups in total. The molecule has 7 nitrogen and oxygen atoms in total. The predicted molar refractivity (Wildman–Crippen MR) is 108 cm³/mol. The van der Waals surface area contributed by atoms with Crippen LogP contribution in [-0.4, -0.2) is 39.8 Å². The van der Waals surface area contributed by atoms with Gasteiger partial charge >= 0.3 is 0 Å². The van der Waals surface area contributed by atoms with Crippen LogP contribution in [-0.2, 0) is 21.4 Å². The largest absolute Gasteiger partial charge is 0.494 e. The Bertz CT molecular complexity index is 980. The average molecular weight is 425 g/mol. The maximum absolute atomic E-state index is 12.7. The summed E-state index contributed by atoms with van der Waals surface area (Å²) in [6.45, 7) is 2.50. The molecule has 1 aliphatic heterocycles. The number of anilines is 1. The zero-order valence-corrected chi connectivity index (χ0v) is 17.1. The van der Waals surface area contributed by atoms with E-state index in [0.29, 0.717) is 23.1 Å². The molecule has 1 atom stereocenters. The van der Waals surface area contributed by atoms with E-state index in [-0.39, 0.29) is 18.8 Å². The van der Waals surface area contributed by atoms with Crippen LogP contribution < -0.4 is 19.1 Å². The summed E-state index contributed by atoms with van der Waals surface area (Å²) in [6.07, 6.45) is 0.0960. The summed E-state index contributed by atoms with van der Waals surface area (Å²) < 4.78 is 36.8. The van der Waals surface area contributed by atoms with Gasteiger partial charge in [0.25, 0.3) is 5.91 Å². The molecule has 150 valence electrons. The lowest BCUT2D eigenvalue weighted by molar-refractivity contribution is -0.127. The fourth-order valence-electron chi connectivity index (χ4n) is 2.92. The zero-order chi connectivity index (χ0) is 20.3. The first-order chi connectivity index (χ1) is 13.3. The van der Waals surface area contributed by atoms with Crippen molar-refractivity contribution < 1.29 is 22.7 Å². The number of carbonyl (C=O) groups excluding carboxylic acids is 1. The van der Waals surface area contributed by atoms with Crippen molar-refractivity contribution >= 4 is 33.2 Å². The van der Waals surface area contributed by atoms with Gasteiger partial charge in [0.2, 0.25) is 10.0 Å². The molecule has 9 heteroatoms. The quantitative estimate of drug-likeness (QED) is 0.770. The highest BCUT2D eigenvalue weighted by atomic mass is 35.5. The number of fused-ring (bicyclic) bond motifs is 1. The van der Waals surface area contributed by atoms with Gasteiger partial charge < -0.3 is 14.8 Å². The van der Waals surface area contributed by atoms with Gasteiger partial charge in [0, 0.05) is 17.1 Å². The highest BCUT2D eigenvalue weighted by Gasteiger charge is 2.35. The van der Waals surface area contributed by atoms with E-state index in [0.717, 1.165) is 16.1 Å². The maximum atomic E-state index is 12.7. The Balaban J connectivity index is 1.77. The number of para-hydroxylation sites is 1. The highest BCUT2D eigenvalue weighted by Crippen LogP contribution is 2.37. The Labute approximate surface area is 169 Å². The lowest BCUT2D eigenvalue weighted by Gasteiger charge is -2.34. The summed E-state index contributed by atoms with van der Waals surface area (Å²) in [5.41, 5.74) is 1.14. The monoisotopic (exact) mass is 424 g/mol. The van der Waals surface area contributed by atoms with E-state index in [2.05, 4.69) is 5.32 Å². The molecule has 2 aromatic rings.